The van der Waals surface area contributed by atoms with Gasteiger partial charge < -0.3 is 9.13 Å². The molecule has 0 atom stereocenters. The second kappa shape index (κ2) is 13.1. The SMILES string of the molecule is c1ccc(-c2cc(-c3ccccc3)c(-n3c4ccccc4c4cc(-c5ccc6c(c5)c5ccccc5n6-c5ccccc5)ccc43)c(-c3ccccc3)n2)cc1. The van der Waals surface area contributed by atoms with Crippen molar-refractivity contribution < 1.29 is 0 Å². The fraction of sp³-hybridized carbons (Fsp3) is 0. The molecule has 0 aliphatic rings. The van der Waals surface area contributed by atoms with Gasteiger partial charge in [0.2, 0.25) is 0 Å². The standard InChI is InChI=1S/C53H35N3/c1-5-17-36(18-6-1)44-35-47(37-19-7-2-8-20-37)54-52(38-21-9-3-10-22-38)53(44)56-49-28-16-14-26-43(49)46-34-40(30-32-51(46)56)39-29-31-50-45(33-39)42-25-13-15-27-48(42)55(50)41-23-11-4-12-24-41/h1-35H. The van der Waals surface area contributed by atoms with Gasteiger partial charge in [0.05, 0.1) is 39.1 Å². The zero-order valence-corrected chi connectivity index (χ0v) is 30.5. The first-order valence-corrected chi connectivity index (χ1v) is 19.1. The summed E-state index contributed by atoms with van der Waals surface area (Å²) in [6.45, 7) is 0. The molecule has 0 amide bonds. The summed E-state index contributed by atoms with van der Waals surface area (Å²) in [4.78, 5) is 5.49. The molecular formula is C53H35N3. The van der Waals surface area contributed by atoms with E-state index in [1.165, 1.54) is 43.7 Å². The number of aromatic nitrogens is 3. The molecule has 0 aliphatic carbocycles. The molecule has 3 aromatic heterocycles. The molecule has 56 heavy (non-hydrogen) atoms. The third kappa shape index (κ3) is 5.17. The normalized spacial score (nSPS) is 11.6. The summed E-state index contributed by atoms with van der Waals surface area (Å²) >= 11 is 0. The van der Waals surface area contributed by atoms with E-state index in [1.54, 1.807) is 0 Å². The van der Waals surface area contributed by atoms with Crippen LogP contribution in [0.5, 0.6) is 0 Å². The number of benzene rings is 8. The minimum atomic E-state index is 0.942. The molecule has 3 heterocycles. The lowest BCUT2D eigenvalue weighted by molar-refractivity contribution is 1.15. The van der Waals surface area contributed by atoms with Crippen molar-refractivity contribution in [2.45, 2.75) is 0 Å². The molecule has 0 radical (unpaired) electrons. The van der Waals surface area contributed by atoms with E-state index in [-0.39, 0.29) is 0 Å². The first-order chi connectivity index (χ1) is 27.8. The molecule has 0 saturated heterocycles. The van der Waals surface area contributed by atoms with Gasteiger partial charge in [0.25, 0.3) is 0 Å². The Kier molecular flexibility index (Phi) is 7.49. The van der Waals surface area contributed by atoms with Crippen LogP contribution < -0.4 is 0 Å². The highest BCUT2D eigenvalue weighted by molar-refractivity contribution is 6.13. The molecule has 11 aromatic rings. The Morgan fingerprint density at radius 2 is 0.750 bits per heavy atom. The number of fused-ring (bicyclic) bond motifs is 6. The zero-order valence-electron chi connectivity index (χ0n) is 30.5. The summed E-state index contributed by atoms with van der Waals surface area (Å²) in [7, 11) is 0. The number of para-hydroxylation sites is 3. The second-order valence-electron chi connectivity index (χ2n) is 14.4. The highest BCUT2D eigenvalue weighted by Gasteiger charge is 2.23. The Balaban J connectivity index is 1.17. The Labute approximate surface area is 325 Å². The third-order valence-corrected chi connectivity index (χ3v) is 11.1. The maximum Gasteiger partial charge on any atom is 0.0956 e. The largest absolute Gasteiger partial charge is 0.309 e. The van der Waals surface area contributed by atoms with Gasteiger partial charge in [-0.2, -0.15) is 0 Å². The van der Waals surface area contributed by atoms with Crippen LogP contribution in [0.1, 0.15) is 0 Å². The lowest BCUT2D eigenvalue weighted by Gasteiger charge is -2.20. The predicted molar refractivity (Wildman–Crippen MR) is 235 cm³/mol. The van der Waals surface area contributed by atoms with Crippen LogP contribution in [-0.4, -0.2) is 14.1 Å². The van der Waals surface area contributed by atoms with Crippen molar-refractivity contribution in [3.05, 3.63) is 212 Å². The fourth-order valence-corrected chi connectivity index (χ4v) is 8.56. The van der Waals surface area contributed by atoms with Crippen molar-refractivity contribution in [2.75, 3.05) is 0 Å². The van der Waals surface area contributed by atoms with Crippen molar-refractivity contribution in [1.82, 2.24) is 14.1 Å². The summed E-state index contributed by atoms with van der Waals surface area (Å²) in [5.41, 5.74) is 15.6. The van der Waals surface area contributed by atoms with Gasteiger partial charge in [0, 0.05) is 43.9 Å². The zero-order chi connectivity index (χ0) is 37.0. The Morgan fingerprint density at radius 1 is 0.304 bits per heavy atom. The van der Waals surface area contributed by atoms with Gasteiger partial charge >= 0.3 is 0 Å². The number of hydrogen-bond donors (Lipinski definition) is 0. The molecule has 11 rings (SSSR count). The first kappa shape index (κ1) is 32.0. The van der Waals surface area contributed by atoms with Crippen LogP contribution in [0.15, 0.2) is 212 Å². The van der Waals surface area contributed by atoms with E-state index >= 15 is 0 Å². The minimum absolute atomic E-state index is 0.942. The van der Waals surface area contributed by atoms with E-state index in [0.717, 1.165) is 56.0 Å². The van der Waals surface area contributed by atoms with E-state index in [1.807, 2.05) is 0 Å². The van der Waals surface area contributed by atoms with Crippen molar-refractivity contribution in [1.29, 1.82) is 0 Å². The number of pyridine rings is 1. The van der Waals surface area contributed by atoms with Crippen LogP contribution >= 0.6 is 0 Å². The van der Waals surface area contributed by atoms with E-state index < -0.39 is 0 Å². The quantitative estimate of drug-likeness (QED) is 0.168. The van der Waals surface area contributed by atoms with Gasteiger partial charge in [-0.05, 0) is 71.3 Å². The van der Waals surface area contributed by atoms with Crippen LogP contribution in [0.2, 0.25) is 0 Å². The van der Waals surface area contributed by atoms with Gasteiger partial charge in [-0.15, -0.1) is 0 Å². The van der Waals surface area contributed by atoms with Gasteiger partial charge in [0.1, 0.15) is 0 Å². The molecule has 0 saturated carbocycles. The van der Waals surface area contributed by atoms with Crippen LogP contribution in [0, 0.1) is 0 Å². The fourth-order valence-electron chi connectivity index (χ4n) is 8.56. The van der Waals surface area contributed by atoms with Crippen LogP contribution in [0.3, 0.4) is 0 Å². The minimum Gasteiger partial charge on any atom is -0.309 e. The molecular weight excluding hydrogens is 679 g/mol. The highest BCUT2D eigenvalue weighted by atomic mass is 15.0. The van der Waals surface area contributed by atoms with Crippen LogP contribution in [0.25, 0.3) is 99.8 Å². The van der Waals surface area contributed by atoms with Crippen molar-refractivity contribution in [3.63, 3.8) is 0 Å². The third-order valence-electron chi connectivity index (χ3n) is 11.1. The predicted octanol–water partition coefficient (Wildman–Crippen LogP) is 13.9. The molecule has 0 N–H and O–H groups in total. The van der Waals surface area contributed by atoms with Crippen LogP contribution in [0.4, 0.5) is 0 Å². The van der Waals surface area contributed by atoms with Crippen molar-refractivity contribution in [3.8, 4) is 56.1 Å². The van der Waals surface area contributed by atoms with E-state index in [9.17, 15) is 0 Å². The maximum absolute atomic E-state index is 5.49. The number of rotatable bonds is 6. The highest BCUT2D eigenvalue weighted by Crippen LogP contribution is 2.43. The molecule has 0 fully saturated rings. The smallest absolute Gasteiger partial charge is 0.0956 e. The summed E-state index contributed by atoms with van der Waals surface area (Å²) in [6, 6.07) is 76.2. The number of hydrogen-bond acceptors (Lipinski definition) is 1. The summed E-state index contributed by atoms with van der Waals surface area (Å²) in [6.07, 6.45) is 0. The van der Waals surface area contributed by atoms with E-state index in [0.29, 0.717) is 0 Å². The van der Waals surface area contributed by atoms with E-state index in [4.69, 9.17) is 4.98 Å². The topological polar surface area (TPSA) is 22.8 Å². The Morgan fingerprint density at radius 3 is 1.34 bits per heavy atom. The van der Waals surface area contributed by atoms with Crippen molar-refractivity contribution >= 4 is 43.6 Å². The summed E-state index contributed by atoms with van der Waals surface area (Å²) in [5.74, 6) is 0. The molecule has 0 bridgehead atoms. The van der Waals surface area contributed by atoms with Gasteiger partial charge in [-0.3, -0.25) is 0 Å². The molecule has 0 aliphatic heterocycles. The lowest BCUT2D eigenvalue weighted by atomic mass is 9.97. The summed E-state index contributed by atoms with van der Waals surface area (Å²) in [5, 5.41) is 4.90. The monoisotopic (exact) mass is 713 g/mol. The molecule has 3 nitrogen and oxygen atoms in total. The van der Waals surface area contributed by atoms with E-state index in [2.05, 4.69) is 221 Å². The lowest BCUT2D eigenvalue weighted by Crippen LogP contribution is -2.04. The Bertz CT molecular complexity index is 3150. The number of nitrogens with zero attached hydrogens (tertiary/aromatic N) is 3. The van der Waals surface area contributed by atoms with Crippen LogP contribution in [-0.2, 0) is 0 Å². The van der Waals surface area contributed by atoms with Crippen molar-refractivity contribution in [2.24, 2.45) is 0 Å². The average Bonchev–Trinajstić information content (AvgIpc) is 3.79. The van der Waals surface area contributed by atoms with Gasteiger partial charge in [0.15, 0.2) is 0 Å². The first-order valence-electron chi connectivity index (χ1n) is 19.1. The van der Waals surface area contributed by atoms with Gasteiger partial charge in [-0.1, -0.05) is 158 Å². The Hall–Kier alpha value is -7.49. The molecule has 0 spiro atoms. The van der Waals surface area contributed by atoms with Gasteiger partial charge in [-0.25, -0.2) is 4.98 Å². The summed E-state index contributed by atoms with van der Waals surface area (Å²) < 4.78 is 4.81. The molecule has 262 valence electrons. The average molecular weight is 714 g/mol. The second-order valence-corrected chi connectivity index (χ2v) is 14.4. The molecule has 8 aromatic carbocycles. The molecule has 3 heteroatoms. The molecule has 0 unspecified atom stereocenters. The maximum atomic E-state index is 5.49.